The number of rotatable bonds is 3. The monoisotopic (exact) mass is 327 g/mol. The molecule has 0 amide bonds. The molecule has 100 valence electrons. The molecule has 0 aliphatic rings. The Balaban J connectivity index is 2.05. The molecule has 3 nitrogen and oxygen atoms in total. The van der Waals surface area contributed by atoms with Crippen LogP contribution in [0.4, 0.5) is 0 Å². The summed E-state index contributed by atoms with van der Waals surface area (Å²) in [5, 5.41) is 4.81. The minimum atomic E-state index is 0.826. The molecule has 1 heterocycles. The summed E-state index contributed by atoms with van der Waals surface area (Å²) in [6.07, 6.45) is 3.78. The van der Waals surface area contributed by atoms with E-state index >= 15 is 0 Å². The zero-order valence-electron chi connectivity index (χ0n) is 10.8. The lowest BCUT2D eigenvalue weighted by atomic mass is 10.2. The lowest BCUT2D eigenvalue weighted by Gasteiger charge is -2.05. The highest BCUT2D eigenvalue weighted by molar-refractivity contribution is 9.10. The topological polar surface area (TPSA) is 43.3 Å². The normalized spacial score (nSPS) is 11.4. The van der Waals surface area contributed by atoms with E-state index in [0.29, 0.717) is 0 Å². The lowest BCUT2D eigenvalue weighted by Crippen LogP contribution is -1.97. The van der Waals surface area contributed by atoms with Crippen molar-refractivity contribution in [3.63, 3.8) is 0 Å². The number of fused-ring (bicyclic) bond motifs is 1. The molecule has 0 bridgehead atoms. The number of nitrogens with zero attached hydrogens (tertiary/aromatic N) is 2. The predicted molar refractivity (Wildman–Crippen MR) is 87.0 cm³/mol. The maximum absolute atomic E-state index is 5.29. The van der Waals surface area contributed by atoms with Gasteiger partial charge < -0.3 is 10.4 Å². The standard InChI is InChI=1S/C16H14BrN3/c17-14-7-5-12(6-8-14)10-20-11-13(9-19-18)15-3-1-2-4-16(15)20/h1-9,11H,10,18H2. The average Bonchev–Trinajstić information content (AvgIpc) is 2.81. The first-order valence-electron chi connectivity index (χ1n) is 6.33. The highest BCUT2D eigenvalue weighted by Gasteiger charge is 2.06. The summed E-state index contributed by atoms with van der Waals surface area (Å²) in [5.74, 6) is 5.29. The highest BCUT2D eigenvalue weighted by atomic mass is 79.9. The Hall–Kier alpha value is -2.07. The van der Waals surface area contributed by atoms with E-state index in [2.05, 4.69) is 68.2 Å². The van der Waals surface area contributed by atoms with E-state index in [1.165, 1.54) is 16.5 Å². The molecule has 0 spiro atoms. The molecule has 0 saturated carbocycles. The first-order valence-corrected chi connectivity index (χ1v) is 7.13. The summed E-state index contributed by atoms with van der Waals surface area (Å²) < 4.78 is 3.31. The van der Waals surface area contributed by atoms with Crippen LogP contribution in [-0.4, -0.2) is 10.8 Å². The molecule has 0 aliphatic heterocycles. The van der Waals surface area contributed by atoms with Crippen LogP contribution in [0.15, 0.2) is 64.3 Å². The van der Waals surface area contributed by atoms with Crippen LogP contribution in [0.3, 0.4) is 0 Å². The Morgan fingerprint density at radius 3 is 2.60 bits per heavy atom. The van der Waals surface area contributed by atoms with E-state index in [1.807, 2.05) is 12.1 Å². The molecular formula is C16H14BrN3. The van der Waals surface area contributed by atoms with Gasteiger partial charge in [0.05, 0.1) is 6.21 Å². The number of aromatic nitrogens is 1. The van der Waals surface area contributed by atoms with Crippen molar-refractivity contribution < 1.29 is 0 Å². The minimum absolute atomic E-state index is 0.826. The fraction of sp³-hybridized carbons (Fsp3) is 0.0625. The zero-order chi connectivity index (χ0) is 13.9. The van der Waals surface area contributed by atoms with Crippen molar-refractivity contribution in [1.82, 2.24) is 4.57 Å². The second kappa shape index (κ2) is 5.51. The van der Waals surface area contributed by atoms with Gasteiger partial charge in [-0.05, 0) is 23.8 Å². The zero-order valence-corrected chi connectivity index (χ0v) is 12.4. The van der Waals surface area contributed by atoms with Crippen LogP contribution in [-0.2, 0) is 6.54 Å². The van der Waals surface area contributed by atoms with Crippen LogP contribution in [0.25, 0.3) is 10.9 Å². The molecule has 2 N–H and O–H groups in total. The Kier molecular flexibility index (Phi) is 3.56. The molecule has 3 rings (SSSR count). The van der Waals surface area contributed by atoms with E-state index in [1.54, 1.807) is 6.21 Å². The van der Waals surface area contributed by atoms with Crippen LogP contribution >= 0.6 is 15.9 Å². The maximum Gasteiger partial charge on any atom is 0.0559 e. The van der Waals surface area contributed by atoms with Crippen molar-refractivity contribution in [2.45, 2.75) is 6.54 Å². The van der Waals surface area contributed by atoms with Gasteiger partial charge in [-0.25, -0.2) is 0 Å². The van der Waals surface area contributed by atoms with Crippen LogP contribution in [0.5, 0.6) is 0 Å². The molecule has 1 aromatic heterocycles. The smallest absolute Gasteiger partial charge is 0.0559 e. The quantitative estimate of drug-likeness (QED) is 0.444. The van der Waals surface area contributed by atoms with Gasteiger partial charge in [0.15, 0.2) is 0 Å². The number of hydrogen-bond donors (Lipinski definition) is 1. The van der Waals surface area contributed by atoms with Crippen molar-refractivity contribution >= 4 is 33.0 Å². The molecule has 2 aromatic carbocycles. The third-order valence-corrected chi connectivity index (χ3v) is 3.83. The van der Waals surface area contributed by atoms with Crippen molar-refractivity contribution in [1.29, 1.82) is 0 Å². The third-order valence-electron chi connectivity index (χ3n) is 3.30. The fourth-order valence-corrected chi connectivity index (χ4v) is 2.64. The van der Waals surface area contributed by atoms with Gasteiger partial charge in [-0.1, -0.05) is 46.3 Å². The van der Waals surface area contributed by atoms with Crippen molar-refractivity contribution in [3.8, 4) is 0 Å². The number of benzene rings is 2. The number of hydrogen-bond acceptors (Lipinski definition) is 2. The fourth-order valence-electron chi connectivity index (χ4n) is 2.38. The Bertz CT molecular complexity index is 757. The number of hydrazone groups is 1. The number of halogens is 1. The lowest BCUT2D eigenvalue weighted by molar-refractivity contribution is 0.836. The molecule has 20 heavy (non-hydrogen) atoms. The van der Waals surface area contributed by atoms with E-state index < -0.39 is 0 Å². The summed E-state index contributed by atoms with van der Waals surface area (Å²) in [5.41, 5.74) is 3.48. The molecule has 0 radical (unpaired) electrons. The van der Waals surface area contributed by atoms with Crippen LogP contribution in [0, 0.1) is 0 Å². The van der Waals surface area contributed by atoms with Gasteiger partial charge in [-0.3, -0.25) is 0 Å². The Labute approximate surface area is 125 Å². The van der Waals surface area contributed by atoms with Gasteiger partial charge in [0.1, 0.15) is 0 Å². The maximum atomic E-state index is 5.29. The Morgan fingerprint density at radius 1 is 1.10 bits per heavy atom. The van der Waals surface area contributed by atoms with Gasteiger partial charge in [0.25, 0.3) is 0 Å². The SMILES string of the molecule is NN=Cc1cn(Cc2ccc(Br)cc2)c2ccccc12. The van der Waals surface area contributed by atoms with Crippen molar-refractivity contribution in [2.75, 3.05) is 0 Å². The summed E-state index contributed by atoms with van der Waals surface area (Å²) in [4.78, 5) is 0. The van der Waals surface area contributed by atoms with Gasteiger partial charge in [-0.2, -0.15) is 5.10 Å². The summed E-state index contributed by atoms with van der Waals surface area (Å²) in [6.45, 7) is 0.826. The van der Waals surface area contributed by atoms with E-state index in [9.17, 15) is 0 Å². The average molecular weight is 328 g/mol. The molecule has 0 unspecified atom stereocenters. The van der Waals surface area contributed by atoms with E-state index in [0.717, 1.165) is 16.6 Å². The van der Waals surface area contributed by atoms with E-state index in [-0.39, 0.29) is 0 Å². The van der Waals surface area contributed by atoms with Gasteiger partial charge >= 0.3 is 0 Å². The van der Waals surface area contributed by atoms with Crippen LogP contribution in [0.2, 0.25) is 0 Å². The van der Waals surface area contributed by atoms with Crippen molar-refractivity contribution in [2.24, 2.45) is 10.9 Å². The minimum Gasteiger partial charge on any atom is -0.342 e. The summed E-state index contributed by atoms with van der Waals surface area (Å²) >= 11 is 3.46. The molecular weight excluding hydrogens is 314 g/mol. The molecule has 0 fully saturated rings. The predicted octanol–water partition coefficient (Wildman–Crippen LogP) is 3.74. The van der Waals surface area contributed by atoms with Gasteiger partial charge in [0.2, 0.25) is 0 Å². The number of para-hydroxylation sites is 1. The van der Waals surface area contributed by atoms with Crippen LogP contribution in [0.1, 0.15) is 11.1 Å². The molecule has 3 aromatic rings. The molecule has 4 heteroatoms. The largest absolute Gasteiger partial charge is 0.342 e. The van der Waals surface area contributed by atoms with Gasteiger partial charge in [0, 0.05) is 33.7 Å². The summed E-state index contributed by atoms with van der Waals surface area (Å²) in [7, 11) is 0. The number of nitrogens with two attached hydrogens (primary N) is 1. The van der Waals surface area contributed by atoms with Gasteiger partial charge in [-0.15, -0.1) is 0 Å². The van der Waals surface area contributed by atoms with Crippen LogP contribution < -0.4 is 5.84 Å². The first-order chi connectivity index (χ1) is 9.78. The Morgan fingerprint density at radius 2 is 1.85 bits per heavy atom. The molecule has 0 saturated heterocycles. The first kappa shape index (κ1) is 12.9. The highest BCUT2D eigenvalue weighted by Crippen LogP contribution is 2.21. The van der Waals surface area contributed by atoms with Crippen molar-refractivity contribution in [3.05, 3.63) is 70.3 Å². The second-order valence-electron chi connectivity index (χ2n) is 4.63. The molecule has 0 aliphatic carbocycles. The molecule has 0 atom stereocenters. The summed E-state index contributed by atoms with van der Waals surface area (Å²) in [6, 6.07) is 16.6. The second-order valence-corrected chi connectivity index (χ2v) is 5.55. The van der Waals surface area contributed by atoms with E-state index in [4.69, 9.17) is 5.84 Å². The third kappa shape index (κ3) is 2.47.